The van der Waals surface area contributed by atoms with Crippen LogP contribution in [0.2, 0.25) is 0 Å². The maximum Gasteiger partial charge on any atom is 0.319 e. The standard InChI is InChI=1S/C10H16BrN3O2/c1-3-4-12-5-6-16-10-13-7-8(11)9(14-10)15-2/h7,12H,3-6H2,1-2H3. The van der Waals surface area contributed by atoms with E-state index in [-0.39, 0.29) is 0 Å². The molecule has 16 heavy (non-hydrogen) atoms. The molecule has 0 aliphatic carbocycles. The van der Waals surface area contributed by atoms with E-state index in [0.717, 1.165) is 19.5 Å². The van der Waals surface area contributed by atoms with Gasteiger partial charge in [0.05, 0.1) is 17.8 Å². The van der Waals surface area contributed by atoms with Crippen LogP contribution in [0.1, 0.15) is 13.3 Å². The summed E-state index contributed by atoms with van der Waals surface area (Å²) in [6.45, 7) is 4.45. The minimum Gasteiger partial charge on any atom is -0.480 e. The lowest BCUT2D eigenvalue weighted by molar-refractivity contribution is 0.282. The highest BCUT2D eigenvalue weighted by molar-refractivity contribution is 9.10. The Labute approximate surface area is 104 Å². The molecule has 1 heterocycles. The van der Waals surface area contributed by atoms with Crippen molar-refractivity contribution in [3.8, 4) is 11.9 Å². The molecule has 0 fully saturated rings. The SMILES string of the molecule is CCCNCCOc1ncc(Br)c(OC)n1. The molecule has 0 atom stereocenters. The summed E-state index contributed by atoms with van der Waals surface area (Å²) in [6, 6.07) is 0.332. The number of nitrogens with one attached hydrogen (secondary N) is 1. The van der Waals surface area contributed by atoms with Crippen LogP contribution in [-0.4, -0.2) is 36.8 Å². The third kappa shape index (κ3) is 4.32. The summed E-state index contributed by atoms with van der Waals surface area (Å²) in [7, 11) is 1.56. The van der Waals surface area contributed by atoms with Crippen molar-refractivity contribution in [2.45, 2.75) is 13.3 Å². The predicted octanol–water partition coefficient (Wildman–Crippen LogP) is 1.63. The van der Waals surface area contributed by atoms with E-state index in [1.165, 1.54) is 0 Å². The molecule has 5 nitrogen and oxygen atoms in total. The molecule has 0 amide bonds. The van der Waals surface area contributed by atoms with Gasteiger partial charge in [0.2, 0.25) is 5.88 Å². The van der Waals surface area contributed by atoms with Crippen LogP contribution in [0.3, 0.4) is 0 Å². The Morgan fingerprint density at radius 1 is 1.44 bits per heavy atom. The van der Waals surface area contributed by atoms with E-state index >= 15 is 0 Å². The summed E-state index contributed by atoms with van der Waals surface area (Å²) in [6.07, 6.45) is 2.73. The number of aromatic nitrogens is 2. The van der Waals surface area contributed by atoms with Crippen LogP contribution in [0, 0.1) is 0 Å². The summed E-state index contributed by atoms with van der Waals surface area (Å²) in [5.74, 6) is 0.478. The van der Waals surface area contributed by atoms with Crippen molar-refractivity contribution in [1.29, 1.82) is 0 Å². The summed E-state index contributed by atoms with van der Waals surface area (Å²) < 4.78 is 11.1. The fourth-order valence-corrected chi connectivity index (χ4v) is 1.42. The Bertz CT molecular complexity index is 323. The highest BCUT2D eigenvalue weighted by atomic mass is 79.9. The minimum absolute atomic E-state index is 0.332. The molecule has 0 aromatic carbocycles. The topological polar surface area (TPSA) is 56.3 Å². The quantitative estimate of drug-likeness (QED) is 0.773. The zero-order valence-electron chi connectivity index (χ0n) is 9.49. The third-order valence-corrected chi connectivity index (χ3v) is 2.36. The van der Waals surface area contributed by atoms with Gasteiger partial charge in [0, 0.05) is 6.54 Å². The molecular weight excluding hydrogens is 274 g/mol. The van der Waals surface area contributed by atoms with Crippen LogP contribution < -0.4 is 14.8 Å². The summed E-state index contributed by atoms with van der Waals surface area (Å²) in [4.78, 5) is 8.10. The highest BCUT2D eigenvalue weighted by Crippen LogP contribution is 2.22. The fourth-order valence-electron chi connectivity index (χ4n) is 1.07. The van der Waals surface area contributed by atoms with Gasteiger partial charge in [-0.3, -0.25) is 0 Å². The number of rotatable bonds is 7. The largest absolute Gasteiger partial charge is 0.480 e. The minimum atomic E-state index is 0.332. The van der Waals surface area contributed by atoms with Crippen molar-refractivity contribution in [2.24, 2.45) is 0 Å². The lowest BCUT2D eigenvalue weighted by atomic mass is 10.5. The molecule has 0 aliphatic heterocycles. The Morgan fingerprint density at radius 2 is 2.25 bits per heavy atom. The number of methoxy groups -OCH3 is 1. The van der Waals surface area contributed by atoms with Gasteiger partial charge in [0.25, 0.3) is 0 Å². The zero-order valence-corrected chi connectivity index (χ0v) is 11.1. The van der Waals surface area contributed by atoms with Gasteiger partial charge in [-0.25, -0.2) is 4.98 Å². The Balaban J connectivity index is 2.36. The second kappa shape index (κ2) is 7.40. The van der Waals surface area contributed by atoms with Gasteiger partial charge in [-0.2, -0.15) is 4.98 Å². The van der Waals surface area contributed by atoms with Gasteiger partial charge in [-0.1, -0.05) is 6.92 Å². The molecule has 0 saturated heterocycles. The van der Waals surface area contributed by atoms with Crippen molar-refractivity contribution in [3.63, 3.8) is 0 Å². The zero-order chi connectivity index (χ0) is 11.8. The van der Waals surface area contributed by atoms with Gasteiger partial charge in [0.1, 0.15) is 6.61 Å². The van der Waals surface area contributed by atoms with Crippen LogP contribution in [0.4, 0.5) is 0 Å². The Kier molecular flexibility index (Phi) is 6.10. The van der Waals surface area contributed by atoms with E-state index in [4.69, 9.17) is 9.47 Å². The highest BCUT2D eigenvalue weighted by Gasteiger charge is 2.05. The monoisotopic (exact) mass is 289 g/mol. The molecule has 0 bridgehead atoms. The molecule has 0 radical (unpaired) electrons. The van der Waals surface area contributed by atoms with Gasteiger partial charge in [0.15, 0.2) is 0 Å². The predicted molar refractivity (Wildman–Crippen MR) is 64.9 cm³/mol. The Morgan fingerprint density at radius 3 is 2.94 bits per heavy atom. The molecule has 6 heteroatoms. The molecule has 1 rings (SSSR count). The normalized spacial score (nSPS) is 10.2. The molecule has 0 saturated carbocycles. The number of nitrogens with zero attached hydrogens (tertiary/aromatic N) is 2. The van der Waals surface area contributed by atoms with E-state index in [1.807, 2.05) is 0 Å². The van der Waals surface area contributed by atoms with Gasteiger partial charge >= 0.3 is 6.01 Å². The third-order valence-electron chi connectivity index (χ3n) is 1.82. The van der Waals surface area contributed by atoms with Gasteiger partial charge in [-0.15, -0.1) is 0 Å². The fraction of sp³-hybridized carbons (Fsp3) is 0.600. The van der Waals surface area contributed by atoms with Crippen molar-refractivity contribution >= 4 is 15.9 Å². The maximum absolute atomic E-state index is 5.36. The molecular formula is C10H16BrN3O2. The molecule has 1 aromatic heterocycles. The van der Waals surface area contributed by atoms with E-state index < -0.39 is 0 Å². The van der Waals surface area contributed by atoms with Crippen LogP contribution in [0.5, 0.6) is 11.9 Å². The molecule has 0 aliphatic rings. The smallest absolute Gasteiger partial charge is 0.319 e. The van der Waals surface area contributed by atoms with Gasteiger partial charge < -0.3 is 14.8 Å². The summed E-state index contributed by atoms with van der Waals surface area (Å²) in [5.41, 5.74) is 0. The molecule has 0 spiro atoms. The maximum atomic E-state index is 5.36. The van der Waals surface area contributed by atoms with Crippen molar-refractivity contribution in [1.82, 2.24) is 15.3 Å². The van der Waals surface area contributed by atoms with Crippen molar-refractivity contribution < 1.29 is 9.47 Å². The van der Waals surface area contributed by atoms with E-state index in [9.17, 15) is 0 Å². The first kappa shape index (κ1) is 13.2. The van der Waals surface area contributed by atoms with Crippen LogP contribution >= 0.6 is 15.9 Å². The van der Waals surface area contributed by atoms with E-state index in [1.54, 1.807) is 13.3 Å². The van der Waals surface area contributed by atoms with E-state index in [2.05, 4.69) is 38.1 Å². The average Bonchev–Trinajstić information content (AvgIpc) is 2.31. The number of ether oxygens (including phenoxy) is 2. The molecule has 0 unspecified atom stereocenters. The van der Waals surface area contributed by atoms with Crippen molar-refractivity contribution in [3.05, 3.63) is 10.7 Å². The number of hydrogen-bond donors (Lipinski definition) is 1. The number of hydrogen-bond acceptors (Lipinski definition) is 5. The summed E-state index contributed by atoms with van der Waals surface area (Å²) >= 11 is 3.28. The first-order chi connectivity index (χ1) is 7.77. The number of halogens is 1. The first-order valence-corrected chi connectivity index (χ1v) is 5.97. The average molecular weight is 290 g/mol. The second-order valence-corrected chi connectivity index (χ2v) is 3.96. The first-order valence-electron chi connectivity index (χ1n) is 5.18. The second-order valence-electron chi connectivity index (χ2n) is 3.11. The van der Waals surface area contributed by atoms with E-state index in [0.29, 0.717) is 23.0 Å². The molecule has 1 N–H and O–H groups in total. The lowest BCUT2D eigenvalue weighted by Crippen LogP contribution is -2.22. The summed E-state index contributed by atoms with van der Waals surface area (Å²) in [5, 5.41) is 3.22. The van der Waals surface area contributed by atoms with Gasteiger partial charge in [-0.05, 0) is 28.9 Å². The molecule has 90 valence electrons. The van der Waals surface area contributed by atoms with Crippen LogP contribution in [-0.2, 0) is 0 Å². The van der Waals surface area contributed by atoms with Crippen LogP contribution in [0.25, 0.3) is 0 Å². The van der Waals surface area contributed by atoms with Crippen molar-refractivity contribution in [2.75, 3.05) is 26.8 Å². The molecule has 1 aromatic rings. The van der Waals surface area contributed by atoms with Crippen LogP contribution in [0.15, 0.2) is 10.7 Å². The lowest BCUT2D eigenvalue weighted by Gasteiger charge is -2.07. The Hall–Kier alpha value is -0.880.